The molecule has 0 aliphatic heterocycles. The van der Waals surface area contributed by atoms with E-state index in [-0.39, 0.29) is 6.10 Å². The summed E-state index contributed by atoms with van der Waals surface area (Å²) in [6.07, 6.45) is -0.352. The molecule has 0 aliphatic carbocycles. The fourth-order valence-electron chi connectivity index (χ4n) is 2.76. The average Bonchev–Trinajstić information content (AvgIpc) is 2.50. The van der Waals surface area contributed by atoms with Gasteiger partial charge in [-0.2, -0.15) is 0 Å². The molecule has 3 aromatic rings. The first-order valence-electron chi connectivity index (χ1n) is 7.15. The zero-order chi connectivity index (χ0) is 14.8. The Balaban J connectivity index is 2.20. The van der Waals surface area contributed by atoms with Gasteiger partial charge < -0.3 is 10.4 Å². The molecule has 1 unspecified atom stereocenters. The van der Waals surface area contributed by atoms with E-state index in [1.807, 2.05) is 24.3 Å². The van der Waals surface area contributed by atoms with Crippen LogP contribution in [0.4, 0.5) is 0 Å². The molecule has 0 spiro atoms. The number of fused-ring (bicyclic) bond motifs is 2. The first-order chi connectivity index (χ1) is 10.2. The third-order valence-corrected chi connectivity index (χ3v) is 4.13. The summed E-state index contributed by atoms with van der Waals surface area (Å²) in [5.41, 5.74) is 1.23. The maximum absolute atomic E-state index is 9.42. The largest absolute Gasteiger partial charge is 0.392 e. The van der Waals surface area contributed by atoms with Crippen LogP contribution < -0.4 is 5.32 Å². The molecular formula is C18H18ClNO. The Hall–Kier alpha value is -1.61. The molecule has 1 atom stereocenters. The summed E-state index contributed by atoms with van der Waals surface area (Å²) in [4.78, 5) is 0. The van der Waals surface area contributed by atoms with Gasteiger partial charge in [0.2, 0.25) is 0 Å². The summed E-state index contributed by atoms with van der Waals surface area (Å²) in [6.45, 7) is 3.07. The number of hydrogen-bond acceptors (Lipinski definition) is 2. The van der Waals surface area contributed by atoms with E-state index in [0.29, 0.717) is 13.1 Å². The van der Waals surface area contributed by atoms with E-state index in [4.69, 9.17) is 11.6 Å². The Morgan fingerprint density at radius 2 is 1.43 bits per heavy atom. The molecule has 0 amide bonds. The van der Waals surface area contributed by atoms with Gasteiger partial charge in [0.05, 0.1) is 11.1 Å². The fourth-order valence-corrected chi connectivity index (χ4v) is 3.09. The minimum absolute atomic E-state index is 0.352. The quantitative estimate of drug-likeness (QED) is 0.710. The van der Waals surface area contributed by atoms with E-state index in [2.05, 4.69) is 29.6 Å². The molecule has 3 heteroatoms. The number of benzene rings is 3. The van der Waals surface area contributed by atoms with E-state index >= 15 is 0 Å². The highest BCUT2D eigenvalue weighted by Crippen LogP contribution is 2.35. The first kappa shape index (κ1) is 14.3. The van der Waals surface area contributed by atoms with Gasteiger partial charge >= 0.3 is 0 Å². The molecule has 3 rings (SSSR count). The Labute approximate surface area is 129 Å². The molecule has 108 valence electrons. The Morgan fingerprint density at radius 3 is 1.90 bits per heavy atom. The van der Waals surface area contributed by atoms with E-state index in [1.54, 1.807) is 6.92 Å². The van der Waals surface area contributed by atoms with E-state index < -0.39 is 0 Å². The van der Waals surface area contributed by atoms with E-state index in [1.165, 1.54) is 16.3 Å². The number of aliphatic hydroxyl groups is 1. The van der Waals surface area contributed by atoms with Gasteiger partial charge in [-0.1, -0.05) is 60.1 Å². The summed E-state index contributed by atoms with van der Waals surface area (Å²) >= 11 is 6.57. The summed E-state index contributed by atoms with van der Waals surface area (Å²) in [5.74, 6) is 0. The van der Waals surface area contributed by atoms with E-state index in [0.717, 1.165) is 15.8 Å². The van der Waals surface area contributed by atoms with Crippen LogP contribution in [0.3, 0.4) is 0 Å². The summed E-state index contributed by atoms with van der Waals surface area (Å²) in [6, 6.07) is 16.4. The second-order valence-corrected chi connectivity index (χ2v) is 5.74. The Kier molecular flexibility index (Phi) is 4.11. The minimum atomic E-state index is -0.352. The summed E-state index contributed by atoms with van der Waals surface area (Å²) < 4.78 is 0. The number of aliphatic hydroxyl groups excluding tert-OH is 1. The normalized spacial score (nSPS) is 12.9. The molecule has 0 bridgehead atoms. The highest BCUT2D eigenvalue weighted by Gasteiger charge is 2.11. The van der Waals surface area contributed by atoms with Crippen LogP contribution in [0.25, 0.3) is 21.5 Å². The van der Waals surface area contributed by atoms with Crippen LogP contribution in [-0.4, -0.2) is 17.8 Å². The predicted octanol–water partition coefficient (Wildman–Crippen LogP) is 4.12. The number of rotatable bonds is 4. The molecule has 2 nitrogen and oxygen atoms in total. The van der Waals surface area contributed by atoms with Gasteiger partial charge in [0, 0.05) is 23.9 Å². The number of nitrogens with one attached hydrogen (secondary N) is 1. The number of halogens is 1. The van der Waals surface area contributed by atoms with Crippen LogP contribution in [0, 0.1) is 0 Å². The van der Waals surface area contributed by atoms with Crippen molar-refractivity contribution < 1.29 is 5.11 Å². The molecule has 0 fully saturated rings. The smallest absolute Gasteiger partial charge is 0.0636 e. The van der Waals surface area contributed by atoms with Crippen LogP contribution in [0.15, 0.2) is 48.5 Å². The maximum atomic E-state index is 9.42. The van der Waals surface area contributed by atoms with Crippen molar-refractivity contribution in [3.8, 4) is 0 Å². The second-order valence-electron chi connectivity index (χ2n) is 5.36. The number of hydrogen-bond donors (Lipinski definition) is 2. The van der Waals surface area contributed by atoms with Crippen molar-refractivity contribution in [2.45, 2.75) is 19.6 Å². The van der Waals surface area contributed by atoms with Crippen molar-refractivity contribution >= 4 is 33.1 Å². The minimum Gasteiger partial charge on any atom is -0.392 e. The zero-order valence-electron chi connectivity index (χ0n) is 11.9. The average molecular weight is 300 g/mol. The van der Waals surface area contributed by atoms with Gasteiger partial charge in [0.15, 0.2) is 0 Å². The molecule has 0 heterocycles. The van der Waals surface area contributed by atoms with Crippen LogP contribution in [-0.2, 0) is 6.54 Å². The van der Waals surface area contributed by atoms with Crippen LogP contribution >= 0.6 is 11.6 Å². The topological polar surface area (TPSA) is 32.3 Å². The third-order valence-electron chi connectivity index (χ3n) is 3.72. The lowest BCUT2D eigenvalue weighted by molar-refractivity contribution is 0.191. The molecule has 0 aliphatic rings. The highest BCUT2D eigenvalue weighted by molar-refractivity contribution is 6.41. The van der Waals surface area contributed by atoms with Crippen molar-refractivity contribution in [2.24, 2.45) is 0 Å². The van der Waals surface area contributed by atoms with Crippen molar-refractivity contribution in [1.29, 1.82) is 0 Å². The molecule has 0 radical (unpaired) electrons. The Bertz CT molecular complexity index is 726. The lowest BCUT2D eigenvalue weighted by atomic mass is 9.96. The van der Waals surface area contributed by atoms with Gasteiger partial charge in [-0.15, -0.1) is 0 Å². The van der Waals surface area contributed by atoms with Gasteiger partial charge in [-0.05, 0) is 23.3 Å². The van der Waals surface area contributed by atoms with Gasteiger partial charge in [0.1, 0.15) is 0 Å². The van der Waals surface area contributed by atoms with Crippen LogP contribution in [0.1, 0.15) is 12.5 Å². The summed E-state index contributed by atoms with van der Waals surface area (Å²) in [7, 11) is 0. The summed E-state index contributed by atoms with van der Waals surface area (Å²) in [5, 5.41) is 18.0. The third kappa shape index (κ3) is 2.75. The zero-order valence-corrected chi connectivity index (χ0v) is 12.7. The molecule has 0 saturated heterocycles. The molecule has 21 heavy (non-hydrogen) atoms. The fraction of sp³-hybridized carbons (Fsp3) is 0.222. The van der Waals surface area contributed by atoms with Gasteiger partial charge in [0.25, 0.3) is 0 Å². The van der Waals surface area contributed by atoms with Gasteiger partial charge in [-0.3, -0.25) is 0 Å². The first-order valence-corrected chi connectivity index (χ1v) is 7.53. The van der Waals surface area contributed by atoms with Crippen molar-refractivity contribution in [3.05, 3.63) is 59.1 Å². The molecule has 0 saturated carbocycles. The van der Waals surface area contributed by atoms with Crippen molar-refractivity contribution in [2.75, 3.05) is 6.54 Å². The highest BCUT2D eigenvalue weighted by atomic mass is 35.5. The Morgan fingerprint density at radius 1 is 0.952 bits per heavy atom. The van der Waals surface area contributed by atoms with Crippen LogP contribution in [0.5, 0.6) is 0 Å². The van der Waals surface area contributed by atoms with E-state index in [9.17, 15) is 5.11 Å². The molecular weight excluding hydrogens is 282 g/mol. The van der Waals surface area contributed by atoms with Crippen LogP contribution in [0.2, 0.25) is 5.02 Å². The molecule has 0 aromatic heterocycles. The van der Waals surface area contributed by atoms with Gasteiger partial charge in [-0.25, -0.2) is 0 Å². The van der Waals surface area contributed by atoms with Crippen molar-refractivity contribution in [3.63, 3.8) is 0 Å². The lowest BCUT2D eigenvalue weighted by Gasteiger charge is -2.15. The monoisotopic (exact) mass is 299 g/mol. The molecule has 3 aromatic carbocycles. The lowest BCUT2D eigenvalue weighted by Crippen LogP contribution is -2.24. The van der Waals surface area contributed by atoms with Crippen molar-refractivity contribution in [1.82, 2.24) is 5.32 Å². The molecule has 2 N–H and O–H groups in total. The SMILES string of the molecule is CC(O)CNCc1c2ccccc2c(Cl)c2ccccc12. The second kappa shape index (κ2) is 6.02. The predicted molar refractivity (Wildman–Crippen MR) is 89.9 cm³/mol. The maximum Gasteiger partial charge on any atom is 0.0636 e. The standard InChI is InChI=1S/C18H18ClNO/c1-12(21)10-20-11-17-13-6-2-4-8-15(13)18(19)16-9-5-3-7-14(16)17/h2-9,12,20-21H,10-11H2,1H3.